The maximum Gasteiger partial charge on any atom is 0.250 e. The van der Waals surface area contributed by atoms with Crippen LogP contribution in [0.1, 0.15) is 30.0 Å². The lowest BCUT2D eigenvalue weighted by Crippen LogP contribution is -2.38. The van der Waals surface area contributed by atoms with E-state index in [1.807, 2.05) is 12.1 Å². The van der Waals surface area contributed by atoms with Crippen LogP contribution in [-0.4, -0.2) is 25.2 Å². The molecule has 1 aromatic heterocycles. The smallest absolute Gasteiger partial charge is 0.250 e. The molecule has 2 aliphatic heterocycles. The van der Waals surface area contributed by atoms with Gasteiger partial charge < -0.3 is 14.4 Å². The van der Waals surface area contributed by atoms with Crippen LogP contribution >= 0.6 is 0 Å². The highest BCUT2D eigenvalue weighted by atomic mass is 19.1. The molecule has 1 saturated heterocycles. The molecule has 0 aliphatic carbocycles. The summed E-state index contributed by atoms with van der Waals surface area (Å²) in [6, 6.07) is 8.59. The summed E-state index contributed by atoms with van der Waals surface area (Å²) in [6.45, 7) is 0. The van der Waals surface area contributed by atoms with Gasteiger partial charge in [-0.25, -0.2) is 9.37 Å². The third-order valence-electron chi connectivity index (χ3n) is 4.99. The quantitative estimate of drug-likeness (QED) is 0.868. The fraction of sp³-hybridized carbons (Fsp3) is 0.389. The zero-order chi connectivity index (χ0) is 16.0. The van der Waals surface area contributed by atoms with Crippen LogP contribution in [0.3, 0.4) is 0 Å². The van der Waals surface area contributed by atoms with E-state index >= 15 is 0 Å². The third-order valence-corrected chi connectivity index (χ3v) is 4.99. The van der Waals surface area contributed by atoms with Gasteiger partial charge in [0.05, 0.1) is 20.3 Å². The lowest BCUT2D eigenvalue weighted by molar-refractivity contribution is 0.363. The van der Waals surface area contributed by atoms with Crippen LogP contribution < -0.4 is 14.4 Å². The predicted octanol–water partition coefficient (Wildman–Crippen LogP) is 3.50. The first-order chi connectivity index (χ1) is 11.2. The van der Waals surface area contributed by atoms with Crippen molar-refractivity contribution in [2.75, 3.05) is 19.1 Å². The second kappa shape index (κ2) is 5.41. The van der Waals surface area contributed by atoms with Gasteiger partial charge in [0.2, 0.25) is 5.88 Å². The number of rotatable bonds is 3. The second-order valence-electron chi connectivity index (χ2n) is 6.07. The average Bonchev–Trinajstić information content (AvgIpc) is 2.91. The van der Waals surface area contributed by atoms with Crippen molar-refractivity contribution >= 4 is 5.69 Å². The van der Waals surface area contributed by atoms with Crippen molar-refractivity contribution in [1.82, 2.24) is 4.98 Å². The molecule has 4 rings (SSSR count). The molecule has 2 atom stereocenters. The Morgan fingerprint density at radius 2 is 1.91 bits per heavy atom. The number of aromatic nitrogens is 1. The summed E-state index contributed by atoms with van der Waals surface area (Å²) < 4.78 is 24.8. The van der Waals surface area contributed by atoms with E-state index in [2.05, 4.69) is 22.0 Å². The predicted molar refractivity (Wildman–Crippen MR) is 85.7 cm³/mol. The fourth-order valence-corrected chi connectivity index (χ4v) is 3.92. The van der Waals surface area contributed by atoms with E-state index < -0.39 is 0 Å². The van der Waals surface area contributed by atoms with E-state index in [0.717, 1.165) is 35.4 Å². The van der Waals surface area contributed by atoms with Crippen molar-refractivity contribution < 1.29 is 13.9 Å². The summed E-state index contributed by atoms with van der Waals surface area (Å²) in [7, 11) is 3.12. The average molecular weight is 314 g/mol. The number of benzene rings is 1. The summed E-state index contributed by atoms with van der Waals surface area (Å²) in [4.78, 5) is 6.54. The molecule has 1 aromatic carbocycles. The summed E-state index contributed by atoms with van der Waals surface area (Å²) in [5, 5.41) is 0. The van der Waals surface area contributed by atoms with Crippen molar-refractivity contribution in [3.05, 3.63) is 47.4 Å². The van der Waals surface area contributed by atoms with Gasteiger partial charge in [-0.2, -0.15) is 0 Å². The molecular weight excluding hydrogens is 295 g/mol. The van der Waals surface area contributed by atoms with Gasteiger partial charge in [0.1, 0.15) is 5.75 Å². The van der Waals surface area contributed by atoms with Crippen LogP contribution in [0.2, 0.25) is 0 Å². The summed E-state index contributed by atoms with van der Waals surface area (Å²) in [6.07, 6.45) is 4.56. The standard InChI is InChI=1S/C18H19FN2O2/c1-22-13-6-3-11(4-7-13)21-12-5-8-16(21)15-10-20-18(23-2)17(19)14(15)9-12/h3-4,6-7,10,12,16H,5,8-9H2,1-2H3. The fourth-order valence-electron chi connectivity index (χ4n) is 3.92. The van der Waals surface area contributed by atoms with Gasteiger partial charge in [-0.3, -0.25) is 0 Å². The molecule has 120 valence electrons. The van der Waals surface area contributed by atoms with Crippen LogP contribution in [0.25, 0.3) is 0 Å². The number of fused-ring (bicyclic) bond motifs is 4. The summed E-state index contributed by atoms with van der Waals surface area (Å²) >= 11 is 0. The number of anilines is 1. The van der Waals surface area contributed by atoms with Gasteiger partial charge >= 0.3 is 0 Å². The lowest BCUT2D eigenvalue weighted by Gasteiger charge is -2.38. The van der Waals surface area contributed by atoms with Crippen molar-refractivity contribution in [3.8, 4) is 11.6 Å². The van der Waals surface area contributed by atoms with E-state index in [1.54, 1.807) is 13.3 Å². The highest BCUT2D eigenvalue weighted by molar-refractivity contribution is 5.56. The molecule has 0 N–H and O–H groups in total. The maximum atomic E-state index is 14.5. The van der Waals surface area contributed by atoms with E-state index in [4.69, 9.17) is 9.47 Å². The van der Waals surface area contributed by atoms with Crippen molar-refractivity contribution in [3.63, 3.8) is 0 Å². The molecule has 0 spiro atoms. The number of halogens is 1. The highest BCUT2D eigenvalue weighted by Gasteiger charge is 2.41. The Morgan fingerprint density at radius 1 is 1.13 bits per heavy atom. The summed E-state index contributed by atoms with van der Waals surface area (Å²) in [5.41, 5.74) is 2.92. The SMILES string of the molecule is COc1ccc(N2C3CCC2c2cnc(OC)c(F)c2C3)cc1. The lowest BCUT2D eigenvalue weighted by atomic mass is 9.94. The molecule has 1 fully saturated rings. The summed E-state index contributed by atoms with van der Waals surface area (Å²) in [5.74, 6) is 0.647. The number of hydrogen-bond donors (Lipinski definition) is 0. The molecule has 2 aromatic rings. The van der Waals surface area contributed by atoms with Gasteiger partial charge in [-0.15, -0.1) is 0 Å². The zero-order valence-corrected chi connectivity index (χ0v) is 13.3. The first kappa shape index (κ1) is 14.3. The van der Waals surface area contributed by atoms with E-state index in [9.17, 15) is 4.39 Å². The van der Waals surface area contributed by atoms with Crippen LogP contribution in [0.15, 0.2) is 30.5 Å². The van der Waals surface area contributed by atoms with E-state index in [1.165, 1.54) is 7.11 Å². The number of methoxy groups -OCH3 is 2. The molecule has 5 heteroatoms. The zero-order valence-electron chi connectivity index (χ0n) is 13.3. The van der Waals surface area contributed by atoms with Gasteiger partial charge in [0.15, 0.2) is 5.82 Å². The van der Waals surface area contributed by atoms with E-state index in [-0.39, 0.29) is 17.7 Å². The molecular formula is C18H19FN2O2. The largest absolute Gasteiger partial charge is 0.497 e. The molecule has 2 bridgehead atoms. The van der Waals surface area contributed by atoms with Gasteiger partial charge in [0, 0.05) is 23.5 Å². The maximum absolute atomic E-state index is 14.5. The van der Waals surface area contributed by atoms with Crippen LogP contribution in [-0.2, 0) is 6.42 Å². The first-order valence-electron chi connectivity index (χ1n) is 7.86. The van der Waals surface area contributed by atoms with Crippen molar-refractivity contribution in [2.45, 2.75) is 31.3 Å². The highest BCUT2D eigenvalue weighted by Crippen LogP contribution is 2.47. The minimum absolute atomic E-state index is 0.0982. The molecule has 0 saturated carbocycles. The second-order valence-corrected chi connectivity index (χ2v) is 6.07. The Kier molecular flexibility index (Phi) is 3.36. The van der Waals surface area contributed by atoms with Gasteiger partial charge in [0.25, 0.3) is 0 Å². The Bertz CT molecular complexity index is 733. The topological polar surface area (TPSA) is 34.6 Å². The van der Waals surface area contributed by atoms with Crippen LogP contribution in [0.5, 0.6) is 11.6 Å². The molecule has 0 radical (unpaired) electrons. The third kappa shape index (κ3) is 2.14. The number of nitrogens with zero attached hydrogens (tertiary/aromatic N) is 2. The number of pyridine rings is 1. The monoisotopic (exact) mass is 314 g/mol. The molecule has 2 unspecified atom stereocenters. The Hall–Kier alpha value is -2.30. The molecule has 3 heterocycles. The minimum Gasteiger partial charge on any atom is -0.497 e. The normalized spacial score (nSPS) is 22.0. The first-order valence-corrected chi connectivity index (χ1v) is 7.86. The molecule has 2 aliphatic rings. The van der Waals surface area contributed by atoms with Gasteiger partial charge in [-0.05, 0) is 49.1 Å². The Morgan fingerprint density at radius 3 is 2.61 bits per heavy atom. The van der Waals surface area contributed by atoms with Crippen LogP contribution in [0.4, 0.5) is 10.1 Å². The molecule has 4 nitrogen and oxygen atoms in total. The van der Waals surface area contributed by atoms with E-state index in [0.29, 0.717) is 12.5 Å². The number of ether oxygens (including phenoxy) is 2. The van der Waals surface area contributed by atoms with Crippen LogP contribution in [0, 0.1) is 5.82 Å². The van der Waals surface area contributed by atoms with Crippen molar-refractivity contribution in [1.29, 1.82) is 0 Å². The minimum atomic E-state index is -0.295. The molecule has 0 amide bonds. The number of hydrogen-bond acceptors (Lipinski definition) is 4. The van der Waals surface area contributed by atoms with Crippen molar-refractivity contribution in [2.24, 2.45) is 0 Å². The Labute approximate surface area is 134 Å². The molecule has 23 heavy (non-hydrogen) atoms. The van der Waals surface area contributed by atoms with Gasteiger partial charge in [-0.1, -0.05) is 0 Å². The Balaban J connectivity index is 1.74.